The second kappa shape index (κ2) is 3.23. The van der Waals surface area contributed by atoms with Gasteiger partial charge in [-0.25, -0.2) is 0 Å². The Morgan fingerprint density at radius 3 is 2.92 bits per heavy atom. The summed E-state index contributed by atoms with van der Waals surface area (Å²) in [7, 11) is 0. The van der Waals surface area contributed by atoms with Crippen LogP contribution in [0.4, 0.5) is 0 Å². The Kier molecular flexibility index (Phi) is 2.24. The van der Waals surface area contributed by atoms with Crippen LogP contribution >= 0.6 is 31.9 Å². The van der Waals surface area contributed by atoms with E-state index in [1.807, 2.05) is 12.1 Å². The third-order valence-electron chi connectivity index (χ3n) is 1.74. The molecule has 0 spiro atoms. The molecule has 3 heteroatoms. The number of benzene rings is 1. The van der Waals surface area contributed by atoms with Crippen LogP contribution < -0.4 is 0 Å². The first-order chi connectivity index (χ1) is 5.81. The molecule has 0 saturated heterocycles. The number of alkyl halides is 1. The molecule has 0 bridgehead atoms. The fraction of sp³-hybridized carbons (Fsp3) is 0.111. The van der Waals surface area contributed by atoms with E-state index in [1.54, 1.807) is 6.26 Å². The van der Waals surface area contributed by atoms with Crippen molar-refractivity contribution in [1.82, 2.24) is 0 Å². The van der Waals surface area contributed by atoms with Gasteiger partial charge in [-0.2, -0.15) is 0 Å². The van der Waals surface area contributed by atoms with E-state index < -0.39 is 0 Å². The van der Waals surface area contributed by atoms with Gasteiger partial charge in [-0.15, -0.1) is 0 Å². The van der Waals surface area contributed by atoms with Gasteiger partial charge in [0.2, 0.25) is 0 Å². The van der Waals surface area contributed by atoms with E-state index in [0.29, 0.717) is 0 Å². The van der Waals surface area contributed by atoms with Gasteiger partial charge >= 0.3 is 0 Å². The normalized spacial score (nSPS) is 10.8. The zero-order valence-corrected chi connectivity index (χ0v) is 9.35. The fourth-order valence-electron chi connectivity index (χ4n) is 1.13. The molecule has 0 atom stereocenters. The maximum Gasteiger partial charge on any atom is 0.135 e. The van der Waals surface area contributed by atoms with Crippen LogP contribution in [0.2, 0.25) is 0 Å². The Labute approximate surface area is 87.0 Å². The molecule has 0 unspecified atom stereocenters. The molecule has 0 aliphatic carbocycles. The van der Waals surface area contributed by atoms with Crippen LogP contribution in [0.3, 0.4) is 0 Å². The predicted molar refractivity (Wildman–Crippen MR) is 56.5 cm³/mol. The summed E-state index contributed by atoms with van der Waals surface area (Å²) in [5, 5.41) is 2.01. The number of hydrogen-bond acceptors (Lipinski definition) is 1. The minimum atomic E-state index is 0.876. The molecular weight excluding hydrogens is 284 g/mol. The molecule has 0 amide bonds. The summed E-state index contributed by atoms with van der Waals surface area (Å²) in [5.74, 6) is 0. The summed E-state index contributed by atoms with van der Waals surface area (Å²) in [6.07, 6.45) is 1.71. The first kappa shape index (κ1) is 8.32. The first-order valence-electron chi connectivity index (χ1n) is 3.53. The largest absolute Gasteiger partial charge is 0.463 e. The van der Waals surface area contributed by atoms with Crippen LogP contribution in [-0.4, -0.2) is 0 Å². The molecule has 2 aromatic rings. The average molecular weight is 290 g/mol. The van der Waals surface area contributed by atoms with Crippen LogP contribution in [0.25, 0.3) is 11.0 Å². The van der Waals surface area contributed by atoms with E-state index >= 15 is 0 Å². The van der Waals surface area contributed by atoms with Crippen molar-refractivity contribution in [2.45, 2.75) is 5.33 Å². The number of rotatable bonds is 1. The Balaban J connectivity index is 2.71. The molecule has 1 aromatic heterocycles. The highest BCUT2D eigenvalue weighted by Gasteiger charge is 2.02. The Bertz CT molecular complexity index is 406. The molecule has 1 nitrogen and oxygen atoms in total. The summed E-state index contributed by atoms with van der Waals surface area (Å²) < 4.78 is 6.30. The summed E-state index contributed by atoms with van der Waals surface area (Å²) in [6, 6.07) is 6.14. The van der Waals surface area contributed by atoms with Gasteiger partial charge in [-0.05, 0) is 33.6 Å². The van der Waals surface area contributed by atoms with Gasteiger partial charge in [0.25, 0.3) is 0 Å². The summed E-state index contributed by atoms with van der Waals surface area (Å²) in [5.41, 5.74) is 2.18. The zero-order chi connectivity index (χ0) is 8.55. The third-order valence-corrected chi connectivity index (χ3v) is 3.01. The lowest BCUT2D eigenvalue weighted by atomic mass is 10.2. The number of halogens is 2. The molecule has 0 radical (unpaired) electrons. The van der Waals surface area contributed by atoms with Gasteiger partial charge in [0.15, 0.2) is 0 Å². The minimum absolute atomic E-state index is 0.876. The lowest BCUT2D eigenvalue weighted by Gasteiger charge is -1.94. The van der Waals surface area contributed by atoms with Crippen LogP contribution in [0.1, 0.15) is 5.56 Å². The second-order valence-corrected chi connectivity index (χ2v) is 3.96. The second-order valence-electron chi connectivity index (χ2n) is 2.55. The summed E-state index contributed by atoms with van der Waals surface area (Å²) in [6.45, 7) is 0. The van der Waals surface area contributed by atoms with Crippen LogP contribution in [0, 0.1) is 0 Å². The molecule has 62 valence electrons. The Morgan fingerprint density at radius 2 is 2.17 bits per heavy atom. The number of furan rings is 1. The third kappa shape index (κ3) is 1.31. The Hall–Kier alpha value is -0.280. The van der Waals surface area contributed by atoms with Crippen molar-refractivity contribution >= 4 is 42.8 Å². The van der Waals surface area contributed by atoms with Crippen molar-refractivity contribution in [1.29, 1.82) is 0 Å². The molecule has 0 saturated carbocycles. The van der Waals surface area contributed by atoms with Gasteiger partial charge in [-0.3, -0.25) is 0 Å². The van der Waals surface area contributed by atoms with Gasteiger partial charge in [0, 0.05) is 10.7 Å². The maximum atomic E-state index is 5.29. The number of fused-ring (bicyclic) bond motifs is 1. The Morgan fingerprint density at radius 1 is 1.33 bits per heavy atom. The highest BCUT2D eigenvalue weighted by atomic mass is 79.9. The van der Waals surface area contributed by atoms with Crippen molar-refractivity contribution in [2.24, 2.45) is 0 Å². The van der Waals surface area contributed by atoms with E-state index in [0.717, 1.165) is 20.8 Å². The van der Waals surface area contributed by atoms with E-state index in [4.69, 9.17) is 4.42 Å². The lowest BCUT2D eigenvalue weighted by molar-refractivity contribution is 0.614. The van der Waals surface area contributed by atoms with Crippen molar-refractivity contribution in [2.75, 3.05) is 0 Å². The minimum Gasteiger partial charge on any atom is -0.463 e. The van der Waals surface area contributed by atoms with E-state index in [1.165, 1.54) is 5.56 Å². The molecule has 0 aliphatic heterocycles. The molecule has 0 N–H and O–H groups in total. The zero-order valence-electron chi connectivity index (χ0n) is 6.18. The summed E-state index contributed by atoms with van der Waals surface area (Å²) in [4.78, 5) is 0. The molecule has 0 aliphatic rings. The average Bonchev–Trinajstić information content (AvgIpc) is 2.47. The van der Waals surface area contributed by atoms with Crippen LogP contribution in [0.15, 0.2) is 33.4 Å². The molecule has 1 heterocycles. The van der Waals surface area contributed by atoms with Crippen molar-refractivity contribution in [3.05, 3.63) is 34.5 Å². The van der Waals surface area contributed by atoms with Crippen LogP contribution in [0.5, 0.6) is 0 Å². The SMILES string of the molecule is BrCc1ccc2occ(Br)c2c1. The molecule has 12 heavy (non-hydrogen) atoms. The van der Waals surface area contributed by atoms with Gasteiger partial charge in [0.1, 0.15) is 11.8 Å². The quantitative estimate of drug-likeness (QED) is 0.721. The summed E-state index contributed by atoms with van der Waals surface area (Å²) >= 11 is 6.83. The lowest BCUT2D eigenvalue weighted by Crippen LogP contribution is -1.74. The van der Waals surface area contributed by atoms with Gasteiger partial charge in [-0.1, -0.05) is 22.0 Å². The highest BCUT2D eigenvalue weighted by molar-refractivity contribution is 9.10. The maximum absolute atomic E-state index is 5.29. The predicted octanol–water partition coefficient (Wildman–Crippen LogP) is 4.09. The van der Waals surface area contributed by atoms with Crippen molar-refractivity contribution in [3.63, 3.8) is 0 Å². The molecule has 2 rings (SSSR count). The molecule has 1 aromatic carbocycles. The van der Waals surface area contributed by atoms with E-state index in [9.17, 15) is 0 Å². The highest BCUT2D eigenvalue weighted by Crippen LogP contribution is 2.27. The number of hydrogen-bond donors (Lipinski definition) is 0. The monoisotopic (exact) mass is 288 g/mol. The smallest absolute Gasteiger partial charge is 0.135 e. The van der Waals surface area contributed by atoms with Gasteiger partial charge < -0.3 is 4.42 Å². The fourth-order valence-corrected chi connectivity index (χ4v) is 1.88. The molecule has 0 fully saturated rings. The van der Waals surface area contributed by atoms with Crippen LogP contribution in [-0.2, 0) is 5.33 Å². The first-order valence-corrected chi connectivity index (χ1v) is 5.44. The topological polar surface area (TPSA) is 13.1 Å². The van der Waals surface area contributed by atoms with Crippen molar-refractivity contribution in [3.8, 4) is 0 Å². The van der Waals surface area contributed by atoms with Gasteiger partial charge in [0.05, 0.1) is 4.47 Å². The van der Waals surface area contributed by atoms with E-state index in [-0.39, 0.29) is 0 Å². The van der Waals surface area contributed by atoms with Crippen molar-refractivity contribution < 1.29 is 4.42 Å². The molecular formula is C9H6Br2O. The van der Waals surface area contributed by atoms with E-state index in [2.05, 4.69) is 37.9 Å². The standard InChI is InChI=1S/C9H6Br2O/c10-4-6-1-2-9-7(3-6)8(11)5-12-9/h1-3,5H,4H2.